The Morgan fingerprint density at radius 2 is 1.59 bits per heavy atom. The topological polar surface area (TPSA) is 221 Å². The lowest BCUT2D eigenvalue weighted by atomic mass is 9.44. The Hall–Kier alpha value is -4.61. The molecule has 2 aromatic carbocycles. The second-order valence-corrected chi connectivity index (χ2v) is 18.2. The van der Waals surface area contributed by atoms with Gasteiger partial charge in [0.05, 0.1) is 35.6 Å². The average molecular weight is 866 g/mol. The number of carbonyl (C=O) groups excluding carboxylic acids is 6. The van der Waals surface area contributed by atoms with Gasteiger partial charge in [-0.3, -0.25) is 19.2 Å². The van der Waals surface area contributed by atoms with E-state index in [-0.39, 0.29) is 29.7 Å². The molecule has 3 fully saturated rings. The summed E-state index contributed by atoms with van der Waals surface area (Å²) in [5.41, 5.74) is -7.16. The molecule has 2 aromatic rings. The Labute approximate surface area is 358 Å². The fourth-order valence-electron chi connectivity index (χ4n) is 9.85. The molecule has 330 valence electrons. The Kier molecular flexibility index (Phi) is 13.3. The molecule has 2 saturated carbocycles. The predicted molar refractivity (Wildman–Crippen MR) is 220 cm³/mol. The molecule has 4 N–H and O–H groups in total. The number of ether oxygens (including phenoxy) is 5. The SMILES string of the molecule is CCCCSC(=O)N[C@@H](c1ccccc1)[C@@H](O)C(=O)O[C@H]1CC2(O)[C@@H](OC(=O)c3ccccc3)[C@H]3[C@](C)(C(=O)[C@H](OC(C)=O)C(=C1C)C2(C)C)[C@@H](O)CC1OC[C@]13OC(C)=O. The average Bonchev–Trinajstić information content (AvgIpc) is 3.21. The number of aliphatic hydroxyl groups excluding tert-OH is 2. The van der Waals surface area contributed by atoms with Gasteiger partial charge in [0.2, 0.25) is 0 Å². The Bertz CT molecular complexity index is 2060. The third-order valence-corrected chi connectivity index (χ3v) is 14.0. The van der Waals surface area contributed by atoms with E-state index in [1.165, 1.54) is 26.0 Å². The lowest BCUT2D eigenvalue weighted by molar-refractivity contribution is -0.346. The Morgan fingerprint density at radius 3 is 2.16 bits per heavy atom. The van der Waals surface area contributed by atoms with Crippen LogP contribution in [0.2, 0.25) is 0 Å². The Morgan fingerprint density at radius 1 is 0.951 bits per heavy atom. The van der Waals surface area contributed by atoms with Crippen LogP contribution >= 0.6 is 11.8 Å². The highest BCUT2D eigenvalue weighted by Gasteiger charge is 2.78. The highest BCUT2D eigenvalue weighted by atomic mass is 32.2. The van der Waals surface area contributed by atoms with Crippen molar-refractivity contribution in [2.75, 3.05) is 12.4 Å². The molecular weight excluding hydrogens is 811 g/mol. The fraction of sp³-hybridized carbons (Fsp3) is 0.556. The minimum atomic E-state index is -2.37. The van der Waals surface area contributed by atoms with Crippen LogP contribution in [0.5, 0.6) is 0 Å². The van der Waals surface area contributed by atoms with E-state index in [1.54, 1.807) is 62.4 Å². The van der Waals surface area contributed by atoms with E-state index in [4.69, 9.17) is 23.7 Å². The van der Waals surface area contributed by atoms with Crippen LogP contribution < -0.4 is 5.32 Å². The number of nitrogens with one attached hydrogen (secondary N) is 1. The summed E-state index contributed by atoms with van der Waals surface area (Å²) in [5.74, 6) is -5.67. The van der Waals surface area contributed by atoms with Crippen molar-refractivity contribution in [2.45, 2.75) is 128 Å². The fourth-order valence-corrected chi connectivity index (χ4v) is 10.7. The number of carbonyl (C=O) groups is 6. The number of aliphatic hydroxyl groups is 3. The molecule has 3 aliphatic carbocycles. The molecule has 15 nitrogen and oxygen atoms in total. The highest BCUT2D eigenvalue weighted by Crippen LogP contribution is 2.64. The van der Waals surface area contributed by atoms with Crippen LogP contribution in [0.3, 0.4) is 0 Å². The van der Waals surface area contributed by atoms with Crippen molar-refractivity contribution < 1.29 is 67.8 Å². The van der Waals surface area contributed by atoms with Crippen molar-refractivity contribution in [3.63, 3.8) is 0 Å². The summed E-state index contributed by atoms with van der Waals surface area (Å²) < 4.78 is 30.2. The first kappa shape index (κ1) is 45.9. The van der Waals surface area contributed by atoms with Gasteiger partial charge in [-0.05, 0) is 49.1 Å². The van der Waals surface area contributed by atoms with Gasteiger partial charge in [0.25, 0.3) is 5.24 Å². The van der Waals surface area contributed by atoms with E-state index < -0.39 is 112 Å². The van der Waals surface area contributed by atoms with Crippen molar-refractivity contribution in [1.82, 2.24) is 5.32 Å². The maximum atomic E-state index is 15.5. The van der Waals surface area contributed by atoms with Gasteiger partial charge in [-0.1, -0.05) is 87.5 Å². The van der Waals surface area contributed by atoms with Crippen molar-refractivity contribution >= 4 is 46.7 Å². The lowest BCUT2D eigenvalue weighted by Crippen LogP contribution is -2.82. The first-order valence-corrected chi connectivity index (χ1v) is 21.5. The highest BCUT2D eigenvalue weighted by molar-refractivity contribution is 8.13. The smallest absolute Gasteiger partial charge is 0.338 e. The van der Waals surface area contributed by atoms with Gasteiger partial charge in [0, 0.05) is 37.9 Å². The third kappa shape index (κ3) is 8.13. The van der Waals surface area contributed by atoms with E-state index in [1.807, 2.05) is 6.92 Å². The zero-order chi connectivity index (χ0) is 44.7. The quantitative estimate of drug-likeness (QED) is 0.0995. The number of hydrogen-bond donors (Lipinski definition) is 4. The van der Waals surface area contributed by atoms with E-state index in [2.05, 4.69) is 5.32 Å². The first-order valence-electron chi connectivity index (χ1n) is 20.5. The number of thioether (sulfide) groups is 1. The largest absolute Gasteiger partial charge is 0.456 e. The summed E-state index contributed by atoms with van der Waals surface area (Å²) in [6.45, 7) is 10.0. The minimum absolute atomic E-state index is 0.00938. The zero-order valence-electron chi connectivity index (χ0n) is 35.4. The molecule has 1 amide bonds. The van der Waals surface area contributed by atoms with E-state index >= 15 is 4.79 Å². The molecule has 4 aliphatic rings. The van der Waals surface area contributed by atoms with Crippen molar-refractivity contribution in [3.8, 4) is 0 Å². The second kappa shape index (κ2) is 17.6. The summed E-state index contributed by atoms with van der Waals surface area (Å²) in [5, 5.41) is 39.6. The monoisotopic (exact) mass is 865 g/mol. The summed E-state index contributed by atoms with van der Waals surface area (Å²) in [7, 11) is 0. The number of esters is 4. The van der Waals surface area contributed by atoms with Gasteiger partial charge in [-0.25, -0.2) is 9.59 Å². The van der Waals surface area contributed by atoms with Gasteiger partial charge in [-0.15, -0.1) is 0 Å². The minimum Gasteiger partial charge on any atom is -0.456 e. The number of fused-ring (bicyclic) bond motifs is 5. The molecular formula is C45H55NO14S. The molecule has 6 rings (SSSR count). The maximum Gasteiger partial charge on any atom is 0.338 e. The van der Waals surface area contributed by atoms with E-state index in [0.29, 0.717) is 11.3 Å². The Balaban J connectivity index is 1.52. The van der Waals surface area contributed by atoms with Crippen molar-refractivity contribution in [3.05, 3.63) is 82.9 Å². The van der Waals surface area contributed by atoms with Gasteiger partial charge in [0.1, 0.15) is 23.9 Å². The predicted octanol–water partition coefficient (Wildman–Crippen LogP) is 4.55. The molecule has 16 heteroatoms. The number of ketones is 1. The molecule has 0 aromatic heterocycles. The van der Waals surface area contributed by atoms with Crippen molar-refractivity contribution in [2.24, 2.45) is 16.7 Å². The number of hydrogen-bond acceptors (Lipinski definition) is 15. The molecule has 61 heavy (non-hydrogen) atoms. The standard InChI is InChI=1S/C45H55NO14S/c1-8-9-20-61-41(54)46-33(27-16-12-10-13-17-27)34(50)40(53)58-29-22-45(55)38(59-39(52)28-18-14-11-15-19-28)36-43(7,30(49)21-31-44(36,23-56-31)60-26(4)48)37(51)35(57-25(3)47)32(24(29)2)42(45,5)6/h10-19,29-31,33-36,38,49-50,55H,8-9,20-23H2,1-7H3,(H,46,54)/t29-,30-,31?,33-,34+,35+,36-,38-,43+,44-,45?/m0/s1. The van der Waals surface area contributed by atoms with Crippen LogP contribution in [-0.4, -0.2) is 110 Å². The molecule has 2 bridgehead atoms. The van der Waals surface area contributed by atoms with Crippen LogP contribution in [0.15, 0.2) is 71.8 Å². The molecule has 1 aliphatic heterocycles. The summed E-state index contributed by atoms with van der Waals surface area (Å²) in [6, 6.07) is 14.9. The van der Waals surface area contributed by atoms with Gasteiger partial charge in [0.15, 0.2) is 23.6 Å². The normalized spacial score (nSPS) is 32.3. The molecule has 11 atom stereocenters. The van der Waals surface area contributed by atoms with Crippen LogP contribution in [0.4, 0.5) is 4.79 Å². The van der Waals surface area contributed by atoms with E-state index in [0.717, 1.165) is 38.5 Å². The van der Waals surface area contributed by atoms with Crippen LogP contribution in [0.25, 0.3) is 0 Å². The molecule has 1 heterocycles. The summed E-state index contributed by atoms with van der Waals surface area (Å²) in [4.78, 5) is 82.9. The number of unbranched alkanes of at least 4 members (excludes halogenated alkanes) is 1. The number of amides is 1. The molecule has 1 saturated heterocycles. The maximum absolute atomic E-state index is 15.5. The zero-order valence-corrected chi connectivity index (χ0v) is 36.2. The molecule has 0 radical (unpaired) electrons. The summed E-state index contributed by atoms with van der Waals surface area (Å²) in [6.07, 6.45) is -8.75. The van der Waals surface area contributed by atoms with Crippen LogP contribution in [0.1, 0.15) is 96.1 Å². The number of rotatable bonds is 12. The molecule has 2 unspecified atom stereocenters. The van der Waals surface area contributed by atoms with Gasteiger partial charge in [-0.2, -0.15) is 0 Å². The van der Waals surface area contributed by atoms with Gasteiger partial charge >= 0.3 is 23.9 Å². The molecule has 0 spiro atoms. The first-order chi connectivity index (χ1) is 28.7. The lowest BCUT2D eigenvalue weighted by Gasteiger charge is -2.67. The number of Topliss-reactive ketones (excluding diaryl/α,β-unsaturated/α-hetero) is 1. The van der Waals surface area contributed by atoms with Crippen LogP contribution in [-0.2, 0) is 42.9 Å². The second-order valence-electron chi connectivity index (χ2n) is 17.1. The van der Waals surface area contributed by atoms with E-state index in [9.17, 15) is 39.3 Å². The van der Waals surface area contributed by atoms with Crippen LogP contribution in [0, 0.1) is 16.7 Å². The third-order valence-electron chi connectivity index (χ3n) is 13.2. The number of benzene rings is 2. The summed E-state index contributed by atoms with van der Waals surface area (Å²) >= 11 is 1.00. The van der Waals surface area contributed by atoms with Crippen molar-refractivity contribution in [1.29, 1.82) is 0 Å². The van der Waals surface area contributed by atoms with Gasteiger partial charge < -0.3 is 44.3 Å².